The Balaban J connectivity index is 1.82. The molecular weight excluding hydrogens is 280 g/mol. The summed E-state index contributed by atoms with van der Waals surface area (Å²) in [4.78, 5) is 13.4. The van der Waals surface area contributed by atoms with Gasteiger partial charge in [0.15, 0.2) is 0 Å². The lowest BCUT2D eigenvalue weighted by Crippen LogP contribution is -2.53. The number of hydrogen-bond acceptors (Lipinski definition) is 4. The third-order valence-electron chi connectivity index (χ3n) is 3.71. The van der Waals surface area contributed by atoms with Crippen molar-refractivity contribution in [1.82, 2.24) is 14.5 Å². The van der Waals surface area contributed by atoms with Gasteiger partial charge in [0.25, 0.3) is 0 Å². The summed E-state index contributed by atoms with van der Waals surface area (Å²) in [5.41, 5.74) is 6.10. The smallest absolute Gasteiger partial charge is 0.317 e. The summed E-state index contributed by atoms with van der Waals surface area (Å²) < 4.78 is 26.5. The highest BCUT2D eigenvalue weighted by atomic mass is 32.2. The van der Waals surface area contributed by atoms with E-state index in [2.05, 4.69) is 5.32 Å². The minimum absolute atomic E-state index is 0.0835. The fourth-order valence-electron chi connectivity index (χ4n) is 2.58. The minimum Gasteiger partial charge on any atom is -0.399 e. The highest BCUT2D eigenvalue weighted by molar-refractivity contribution is 7.89. The van der Waals surface area contributed by atoms with Crippen LogP contribution in [-0.2, 0) is 10.0 Å². The van der Waals surface area contributed by atoms with E-state index in [4.69, 9.17) is 5.73 Å². The van der Waals surface area contributed by atoms with Gasteiger partial charge in [-0.25, -0.2) is 13.2 Å². The molecule has 3 N–H and O–H groups in total. The molecule has 8 heteroatoms. The fourth-order valence-corrected chi connectivity index (χ4v) is 4.05. The van der Waals surface area contributed by atoms with Crippen molar-refractivity contribution in [3.63, 3.8) is 0 Å². The van der Waals surface area contributed by atoms with Crippen molar-refractivity contribution >= 4 is 21.7 Å². The van der Waals surface area contributed by atoms with Gasteiger partial charge in [0.2, 0.25) is 10.0 Å². The largest absolute Gasteiger partial charge is 0.399 e. The number of nitrogens with zero attached hydrogens (tertiary/aromatic N) is 2. The number of urea groups is 1. The van der Waals surface area contributed by atoms with Gasteiger partial charge in [-0.1, -0.05) is 0 Å². The molecule has 0 aromatic heterocycles. The van der Waals surface area contributed by atoms with Gasteiger partial charge < -0.3 is 16.0 Å². The average Bonchev–Trinajstić information content (AvgIpc) is 2.80. The molecule has 2 fully saturated rings. The molecule has 0 spiro atoms. The standard InChI is InChI=1S/C12H16N4O3S/c13-9-1-3-11(4-2-9)20(18,19)15-5-6-16-10(8-15)7-14-12(16)17/h1-4,10H,5-8,13H2,(H,14,17). The van der Waals surface area contributed by atoms with Crippen LogP contribution in [0.1, 0.15) is 0 Å². The number of rotatable bonds is 2. The Morgan fingerprint density at radius 2 is 1.90 bits per heavy atom. The van der Waals surface area contributed by atoms with Gasteiger partial charge in [0.1, 0.15) is 0 Å². The SMILES string of the molecule is Nc1ccc(S(=O)(=O)N2CCN3C(=O)NCC3C2)cc1. The second-order valence-corrected chi connectivity index (χ2v) is 6.90. The van der Waals surface area contributed by atoms with Crippen LogP contribution in [0.2, 0.25) is 0 Å². The van der Waals surface area contributed by atoms with Crippen LogP contribution in [0.5, 0.6) is 0 Å². The first-order valence-corrected chi connectivity index (χ1v) is 7.82. The zero-order chi connectivity index (χ0) is 14.3. The Kier molecular flexibility index (Phi) is 3.06. The van der Waals surface area contributed by atoms with Crippen LogP contribution >= 0.6 is 0 Å². The highest BCUT2D eigenvalue weighted by Crippen LogP contribution is 2.22. The monoisotopic (exact) mass is 296 g/mol. The quantitative estimate of drug-likeness (QED) is 0.730. The number of fused-ring (bicyclic) bond motifs is 1. The van der Waals surface area contributed by atoms with E-state index in [9.17, 15) is 13.2 Å². The van der Waals surface area contributed by atoms with Crippen molar-refractivity contribution in [2.75, 3.05) is 31.9 Å². The summed E-state index contributed by atoms with van der Waals surface area (Å²) >= 11 is 0. The molecule has 0 bridgehead atoms. The van der Waals surface area contributed by atoms with Crippen LogP contribution in [0.4, 0.5) is 10.5 Å². The van der Waals surface area contributed by atoms with Crippen LogP contribution in [-0.4, -0.2) is 55.9 Å². The maximum Gasteiger partial charge on any atom is 0.317 e. The van der Waals surface area contributed by atoms with Gasteiger partial charge in [-0.3, -0.25) is 0 Å². The Labute approximate surface area is 117 Å². The van der Waals surface area contributed by atoms with E-state index in [1.54, 1.807) is 17.0 Å². The van der Waals surface area contributed by atoms with E-state index in [0.29, 0.717) is 31.9 Å². The summed E-state index contributed by atoms with van der Waals surface area (Å²) in [5.74, 6) is 0. The lowest BCUT2D eigenvalue weighted by molar-refractivity contribution is 0.164. The number of nitrogens with two attached hydrogens (primary N) is 1. The van der Waals surface area contributed by atoms with Crippen molar-refractivity contribution in [3.8, 4) is 0 Å². The van der Waals surface area contributed by atoms with E-state index < -0.39 is 10.0 Å². The van der Waals surface area contributed by atoms with Gasteiger partial charge in [0.05, 0.1) is 10.9 Å². The van der Waals surface area contributed by atoms with Crippen LogP contribution in [0.25, 0.3) is 0 Å². The van der Waals surface area contributed by atoms with Gasteiger partial charge in [-0.05, 0) is 24.3 Å². The number of amides is 2. The molecule has 2 heterocycles. The predicted octanol–water partition coefficient (Wildman–Crippen LogP) is -0.333. The number of carbonyl (C=O) groups is 1. The molecule has 108 valence electrons. The van der Waals surface area contributed by atoms with Gasteiger partial charge >= 0.3 is 6.03 Å². The van der Waals surface area contributed by atoms with Crippen LogP contribution in [0.3, 0.4) is 0 Å². The number of nitrogens with one attached hydrogen (secondary N) is 1. The maximum absolute atomic E-state index is 12.5. The predicted molar refractivity (Wildman–Crippen MR) is 73.5 cm³/mol. The minimum atomic E-state index is -3.52. The normalized spacial score (nSPS) is 23.5. The third-order valence-corrected chi connectivity index (χ3v) is 5.59. The van der Waals surface area contributed by atoms with Crippen LogP contribution in [0, 0.1) is 0 Å². The Bertz CT molecular complexity index is 629. The molecule has 2 aliphatic rings. The van der Waals surface area contributed by atoms with Crippen molar-refractivity contribution in [3.05, 3.63) is 24.3 Å². The molecule has 1 unspecified atom stereocenters. The molecule has 0 saturated carbocycles. The van der Waals surface area contributed by atoms with Crippen molar-refractivity contribution < 1.29 is 13.2 Å². The molecule has 1 aromatic carbocycles. The van der Waals surface area contributed by atoms with Crippen molar-refractivity contribution in [1.29, 1.82) is 0 Å². The van der Waals surface area contributed by atoms with E-state index in [0.717, 1.165) is 0 Å². The molecule has 2 aliphatic heterocycles. The van der Waals surface area contributed by atoms with Crippen LogP contribution < -0.4 is 11.1 Å². The maximum atomic E-state index is 12.5. The Morgan fingerprint density at radius 3 is 2.60 bits per heavy atom. The first-order chi connectivity index (χ1) is 9.48. The number of benzene rings is 1. The summed E-state index contributed by atoms with van der Waals surface area (Å²) in [7, 11) is -3.52. The number of piperazine rings is 1. The first kappa shape index (κ1) is 13.2. The number of hydrogen-bond donors (Lipinski definition) is 2. The zero-order valence-electron chi connectivity index (χ0n) is 10.8. The first-order valence-electron chi connectivity index (χ1n) is 6.38. The zero-order valence-corrected chi connectivity index (χ0v) is 11.6. The Hall–Kier alpha value is -1.80. The van der Waals surface area contributed by atoms with E-state index in [1.165, 1.54) is 16.4 Å². The summed E-state index contributed by atoms with van der Waals surface area (Å²) in [5, 5.41) is 2.73. The number of carbonyl (C=O) groups excluding carboxylic acids is 1. The molecule has 2 saturated heterocycles. The number of nitrogen functional groups attached to an aromatic ring is 1. The second-order valence-electron chi connectivity index (χ2n) is 4.97. The molecule has 1 aromatic rings. The lowest BCUT2D eigenvalue weighted by Gasteiger charge is -2.35. The van der Waals surface area contributed by atoms with E-state index in [-0.39, 0.29) is 17.0 Å². The van der Waals surface area contributed by atoms with Gasteiger partial charge in [0, 0.05) is 31.9 Å². The lowest BCUT2D eigenvalue weighted by atomic mass is 10.2. The van der Waals surface area contributed by atoms with Crippen molar-refractivity contribution in [2.45, 2.75) is 10.9 Å². The molecule has 1 atom stereocenters. The molecule has 0 aliphatic carbocycles. The van der Waals surface area contributed by atoms with Crippen LogP contribution in [0.15, 0.2) is 29.2 Å². The van der Waals surface area contributed by atoms with E-state index in [1.807, 2.05) is 0 Å². The molecule has 2 amide bonds. The average molecular weight is 296 g/mol. The molecule has 20 heavy (non-hydrogen) atoms. The molecule has 7 nitrogen and oxygen atoms in total. The fraction of sp³-hybridized carbons (Fsp3) is 0.417. The summed E-state index contributed by atoms with van der Waals surface area (Å²) in [6.07, 6.45) is 0. The van der Waals surface area contributed by atoms with Gasteiger partial charge in [-0.15, -0.1) is 0 Å². The van der Waals surface area contributed by atoms with Gasteiger partial charge in [-0.2, -0.15) is 4.31 Å². The second kappa shape index (κ2) is 4.64. The molecule has 3 rings (SSSR count). The number of sulfonamides is 1. The summed E-state index contributed by atoms with van der Waals surface area (Å²) in [6, 6.07) is 5.97. The number of anilines is 1. The molecule has 0 radical (unpaired) electrons. The summed E-state index contributed by atoms with van der Waals surface area (Å²) in [6.45, 7) is 1.55. The van der Waals surface area contributed by atoms with E-state index >= 15 is 0 Å². The Morgan fingerprint density at radius 1 is 1.20 bits per heavy atom. The third kappa shape index (κ3) is 2.10. The molecular formula is C12H16N4O3S. The topological polar surface area (TPSA) is 95.7 Å². The highest BCUT2D eigenvalue weighted by Gasteiger charge is 2.39. The van der Waals surface area contributed by atoms with Crippen molar-refractivity contribution in [2.24, 2.45) is 0 Å².